The molecule has 0 aliphatic rings. The quantitative estimate of drug-likeness (QED) is 0.697. The average Bonchev–Trinajstić information content (AvgIpc) is 2.69. The number of para-hydroxylation sites is 1. The zero-order valence-electron chi connectivity index (χ0n) is 15.4. The molecule has 0 radical (unpaired) electrons. The number of aromatic nitrogens is 2. The molecule has 1 heterocycles. The van der Waals surface area contributed by atoms with Gasteiger partial charge in [0.1, 0.15) is 5.75 Å². The maximum atomic E-state index is 12.4. The number of anilines is 4. The van der Waals surface area contributed by atoms with E-state index in [4.69, 9.17) is 4.74 Å². The molecule has 2 N–H and O–H groups in total. The molecule has 0 saturated heterocycles. The van der Waals surface area contributed by atoms with Gasteiger partial charge in [-0.05, 0) is 48.5 Å². The first kappa shape index (κ1) is 18.2. The van der Waals surface area contributed by atoms with E-state index < -0.39 is 0 Å². The molecule has 1 aromatic heterocycles. The van der Waals surface area contributed by atoms with E-state index in [1.54, 1.807) is 36.4 Å². The molecule has 2 aromatic carbocycles. The topological polar surface area (TPSA) is 79.4 Å². The van der Waals surface area contributed by atoms with Crippen molar-refractivity contribution in [3.8, 4) is 5.75 Å². The van der Waals surface area contributed by atoms with Crippen LogP contribution in [0.15, 0.2) is 60.7 Å². The minimum Gasteiger partial charge on any atom is -0.496 e. The molecule has 0 aliphatic heterocycles. The first-order valence-corrected chi connectivity index (χ1v) is 8.39. The third kappa shape index (κ3) is 4.52. The number of benzene rings is 2. The molecule has 3 aromatic rings. The Morgan fingerprint density at radius 1 is 0.926 bits per heavy atom. The summed E-state index contributed by atoms with van der Waals surface area (Å²) >= 11 is 0. The lowest BCUT2D eigenvalue weighted by molar-refractivity contribution is 0.102. The average molecular weight is 363 g/mol. The summed E-state index contributed by atoms with van der Waals surface area (Å²) in [4.78, 5) is 14.4. The highest BCUT2D eigenvalue weighted by Gasteiger charge is 2.12. The molecular formula is C20H21N5O2. The zero-order chi connectivity index (χ0) is 19.2. The molecule has 27 heavy (non-hydrogen) atoms. The summed E-state index contributed by atoms with van der Waals surface area (Å²) in [6, 6.07) is 18.4. The summed E-state index contributed by atoms with van der Waals surface area (Å²) in [6.07, 6.45) is 0. The summed E-state index contributed by atoms with van der Waals surface area (Å²) in [5.41, 5.74) is 2.45. The molecule has 0 atom stereocenters. The highest BCUT2D eigenvalue weighted by molar-refractivity contribution is 6.05. The molecule has 0 saturated carbocycles. The Labute approximate surface area is 158 Å². The first-order valence-electron chi connectivity index (χ1n) is 8.39. The third-order valence-corrected chi connectivity index (χ3v) is 3.91. The molecular weight excluding hydrogens is 342 g/mol. The number of nitrogens with zero attached hydrogens (tertiary/aromatic N) is 3. The lowest BCUT2D eigenvalue weighted by atomic mass is 10.2. The molecule has 0 bridgehead atoms. The number of carbonyl (C=O) groups is 1. The van der Waals surface area contributed by atoms with Gasteiger partial charge in [0.2, 0.25) is 0 Å². The highest BCUT2D eigenvalue weighted by atomic mass is 16.5. The predicted molar refractivity (Wildman–Crippen MR) is 107 cm³/mol. The van der Waals surface area contributed by atoms with Crippen LogP contribution in [0.4, 0.5) is 23.0 Å². The van der Waals surface area contributed by atoms with Crippen molar-refractivity contribution in [1.29, 1.82) is 0 Å². The van der Waals surface area contributed by atoms with Crippen LogP contribution in [0.3, 0.4) is 0 Å². The lowest BCUT2D eigenvalue weighted by Gasteiger charge is -2.13. The van der Waals surface area contributed by atoms with Crippen molar-refractivity contribution in [2.45, 2.75) is 0 Å². The van der Waals surface area contributed by atoms with Gasteiger partial charge in [0.05, 0.1) is 12.7 Å². The van der Waals surface area contributed by atoms with Gasteiger partial charge in [-0.2, -0.15) is 0 Å². The largest absolute Gasteiger partial charge is 0.496 e. The van der Waals surface area contributed by atoms with E-state index in [0.717, 1.165) is 11.4 Å². The van der Waals surface area contributed by atoms with Crippen molar-refractivity contribution in [3.05, 3.63) is 66.2 Å². The van der Waals surface area contributed by atoms with Gasteiger partial charge in [-0.25, -0.2) is 0 Å². The van der Waals surface area contributed by atoms with Crippen LogP contribution in [0.1, 0.15) is 10.4 Å². The Bertz CT molecular complexity index is 908. The SMILES string of the molecule is COc1ccccc1C(=O)Nc1ccc(Nc2ccc(N(C)C)cc2)nn1. The maximum absolute atomic E-state index is 12.4. The van der Waals surface area contributed by atoms with Gasteiger partial charge >= 0.3 is 0 Å². The van der Waals surface area contributed by atoms with Crippen LogP contribution in [0.25, 0.3) is 0 Å². The van der Waals surface area contributed by atoms with Crippen molar-refractivity contribution in [3.63, 3.8) is 0 Å². The maximum Gasteiger partial charge on any atom is 0.260 e. The molecule has 0 unspecified atom stereocenters. The second kappa shape index (κ2) is 8.18. The number of amides is 1. The third-order valence-electron chi connectivity index (χ3n) is 3.91. The van der Waals surface area contributed by atoms with Gasteiger partial charge < -0.3 is 20.3 Å². The Hall–Kier alpha value is -3.61. The number of hydrogen-bond donors (Lipinski definition) is 2. The van der Waals surface area contributed by atoms with Gasteiger partial charge in [0.25, 0.3) is 5.91 Å². The Balaban J connectivity index is 1.65. The molecule has 0 spiro atoms. The molecule has 7 heteroatoms. The number of carbonyl (C=O) groups excluding carboxylic acids is 1. The summed E-state index contributed by atoms with van der Waals surface area (Å²) in [5, 5.41) is 14.0. The molecule has 1 amide bonds. The van der Waals surface area contributed by atoms with Crippen molar-refractivity contribution in [2.24, 2.45) is 0 Å². The Kier molecular flexibility index (Phi) is 5.51. The molecule has 0 fully saturated rings. The minimum atomic E-state index is -0.304. The van der Waals surface area contributed by atoms with Crippen LogP contribution in [-0.2, 0) is 0 Å². The second-order valence-corrected chi connectivity index (χ2v) is 6.02. The fraction of sp³-hybridized carbons (Fsp3) is 0.150. The Morgan fingerprint density at radius 2 is 1.59 bits per heavy atom. The number of ether oxygens (including phenoxy) is 1. The van der Waals surface area contributed by atoms with E-state index in [1.165, 1.54) is 7.11 Å². The van der Waals surface area contributed by atoms with Crippen LogP contribution in [0, 0.1) is 0 Å². The van der Waals surface area contributed by atoms with Crippen molar-refractivity contribution in [1.82, 2.24) is 10.2 Å². The molecule has 138 valence electrons. The zero-order valence-corrected chi connectivity index (χ0v) is 15.4. The normalized spacial score (nSPS) is 10.2. The fourth-order valence-electron chi connectivity index (χ4n) is 2.47. The van der Waals surface area contributed by atoms with E-state index in [-0.39, 0.29) is 5.91 Å². The lowest BCUT2D eigenvalue weighted by Crippen LogP contribution is -2.14. The van der Waals surface area contributed by atoms with Crippen LogP contribution in [-0.4, -0.2) is 37.3 Å². The van der Waals surface area contributed by atoms with E-state index in [0.29, 0.717) is 22.9 Å². The van der Waals surface area contributed by atoms with Crippen molar-refractivity contribution < 1.29 is 9.53 Å². The number of hydrogen-bond acceptors (Lipinski definition) is 6. The van der Waals surface area contributed by atoms with Gasteiger partial charge in [-0.1, -0.05) is 12.1 Å². The van der Waals surface area contributed by atoms with Crippen LogP contribution >= 0.6 is 0 Å². The summed E-state index contributed by atoms with van der Waals surface area (Å²) in [7, 11) is 5.51. The summed E-state index contributed by atoms with van der Waals surface area (Å²) < 4.78 is 5.20. The second-order valence-electron chi connectivity index (χ2n) is 6.02. The number of rotatable bonds is 6. The molecule has 3 rings (SSSR count). The number of nitrogens with one attached hydrogen (secondary N) is 2. The van der Waals surface area contributed by atoms with Crippen LogP contribution in [0.2, 0.25) is 0 Å². The standard InChI is InChI=1S/C20H21N5O2/c1-25(2)15-10-8-14(9-11-15)21-18-12-13-19(24-23-18)22-20(26)16-6-4-5-7-17(16)27-3/h4-13H,1-3H3,(H,21,23)(H,22,24,26). The summed E-state index contributed by atoms with van der Waals surface area (Å²) in [5.74, 6) is 1.14. The van der Waals surface area contributed by atoms with Gasteiger partial charge in [-0.15, -0.1) is 10.2 Å². The van der Waals surface area contributed by atoms with E-state index in [2.05, 4.69) is 20.8 Å². The van der Waals surface area contributed by atoms with Gasteiger partial charge in [0.15, 0.2) is 11.6 Å². The molecule has 7 nitrogen and oxygen atoms in total. The van der Waals surface area contributed by atoms with Crippen molar-refractivity contribution in [2.75, 3.05) is 36.7 Å². The van der Waals surface area contributed by atoms with Gasteiger partial charge in [-0.3, -0.25) is 4.79 Å². The number of methoxy groups -OCH3 is 1. The Morgan fingerprint density at radius 3 is 2.22 bits per heavy atom. The minimum absolute atomic E-state index is 0.304. The van der Waals surface area contributed by atoms with Crippen LogP contribution < -0.4 is 20.3 Å². The smallest absolute Gasteiger partial charge is 0.260 e. The first-order chi connectivity index (χ1) is 13.1. The highest BCUT2D eigenvalue weighted by Crippen LogP contribution is 2.20. The summed E-state index contributed by atoms with van der Waals surface area (Å²) in [6.45, 7) is 0. The van der Waals surface area contributed by atoms with E-state index in [9.17, 15) is 4.79 Å². The fourth-order valence-corrected chi connectivity index (χ4v) is 2.47. The van der Waals surface area contributed by atoms with E-state index >= 15 is 0 Å². The van der Waals surface area contributed by atoms with Gasteiger partial charge in [0, 0.05) is 25.5 Å². The van der Waals surface area contributed by atoms with Crippen molar-refractivity contribution >= 4 is 28.9 Å². The predicted octanol–water partition coefficient (Wildman–Crippen LogP) is 3.55. The van der Waals surface area contributed by atoms with Crippen LogP contribution in [0.5, 0.6) is 5.75 Å². The molecule has 0 aliphatic carbocycles. The van der Waals surface area contributed by atoms with E-state index in [1.807, 2.05) is 43.3 Å². The monoisotopic (exact) mass is 363 g/mol.